The first-order valence-electron chi connectivity index (χ1n) is 6.38. The van der Waals surface area contributed by atoms with Crippen LogP contribution in [0.5, 0.6) is 0 Å². The Morgan fingerprint density at radius 1 is 1.32 bits per heavy atom. The highest BCUT2D eigenvalue weighted by molar-refractivity contribution is 7.99. The lowest BCUT2D eigenvalue weighted by Crippen LogP contribution is -2.46. The van der Waals surface area contributed by atoms with E-state index in [4.69, 9.17) is 0 Å². The predicted molar refractivity (Wildman–Crippen MR) is 74.9 cm³/mol. The fourth-order valence-corrected chi connectivity index (χ4v) is 3.85. The van der Waals surface area contributed by atoms with Crippen molar-refractivity contribution in [3.8, 4) is 0 Å². The van der Waals surface area contributed by atoms with Crippen LogP contribution in [-0.4, -0.2) is 33.9 Å². The Morgan fingerprint density at radius 3 is 2.68 bits per heavy atom. The van der Waals surface area contributed by atoms with Crippen molar-refractivity contribution < 1.29 is 9.59 Å². The molecule has 2 aliphatic heterocycles. The second kappa shape index (κ2) is 4.56. The van der Waals surface area contributed by atoms with E-state index in [1.165, 1.54) is 10.5 Å². The third-order valence-corrected chi connectivity index (χ3v) is 4.92. The summed E-state index contributed by atoms with van der Waals surface area (Å²) in [6, 6.07) is 7.66. The maximum atomic E-state index is 12.4. The van der Waals surface area contributed by atoms with Gasteiger partial charge in [0.15, 0.2) is 0 Å². The number of carbonyl (C=O) groups is 2. The van der Waals surface area contributed by atoms with E-state index in [1.807, 2.05) is 31.2 Å². The zero-order valence-electron chi connectivity index (χ0n) is 10.8. The molecule has 5 heteroatoms. The van der Waals surface area contributed by atoms with Gasteiger partial charge in [-0.1, -0.05) is 29.8 Å². The number of rotatable bonds is 2. The number of hydrogen-bond donors (Lipinski definition) is 1. The molecule has 1 spiro atoms. The third-order valence-electron chi connectivity index (χ3n) is 3.73. The van der Waals surface area contributed by atoms with Crippen LogP contribution in [0.1, 0.15) is 17.5 Å². The van der Waals surface area contributed by atoms with Gasteiger partial charge in [0.05, 0.1) is 6.54 Å². The van der Waals surface area contributed by atoms with Crippen LogP contribution in [0.4, 0.5) is 4.79 Å². The molecule has 0 aliphatic carbocycles. The van der Waals surface area contributed by atoms with E-state index >= 15 is 0 Å². The zero-order valence-corrected chi connectivity index (χ0v) is 11.6. The molecule has 0 aromatic heterocycles. The van der Waals surface area contributed by atoms with Crippen LogP contribution >= 0.6 is 11.8 Å². The number of aryl methyl sites for hydroxylation is 1. The average Bonchev–Trinajstić information content (AvgIpc) is 2.94. The first-order valence-corrected chi connectivity index (χ1v) is 7.54. The minimum atomic E-state index is -0.632. The van der Waals surface area contributed by atoms with E-state index in [-0.39, 0.29) is 11.9 Å². The minimum Gasteiger partial charge on any atom is -0.322 e. The summed E-state index contributed by atoms with van der Waals surface area (Å²) in [5, 5.41) is 2.88. The summed E-state index contributed by atoms with van der Waals surface area (Å²) in [5.41, 5.74) is 1.52. The lowest BCUT2D eigenvalue weighted by Gasteiger charge is -2.19. The molecule has 3 amide bonds. The number of hydrogen-bond acceptors (Lipinski definition) is 3. The number of amides is 3. The van der Waals surface area contributed by atoms with Gasteiger partial charge in [-0.3, -0.25) is 9.69 Å². The van der Waals surface area contributed by atoms with Gasteiger partial charge in [-0.15, -0.1) is 0 Å². The largest absolute Gasteiger partial charge is 0.325 e. The Bertz CT molecular complexity index is 521. The monoisotopic (exact) mass is 276 g/mol. The van der Waals surface area contributed by atoms with Gasteiger partial charge in [-0.05, 0) is 24.7 Å². The summed E-state index contributed by atoms with van der Waals surface area (Å²) >= 11 is 1.72. The highest BCUT2D eigenvalue weighted by Gasteiger charge is 2.52. The summed E-state index contributed by atoms with van der Waals surface area (Å²) in [7, 11) is 0. The number of imide groups is 1. The van der Waals surface area contributed by atoms with Crippen molar-refractivity contribution in [2.45, 2.75) is 25.4 Å². The molecule has 2 fully saturated rings. The molecule has 2 heterocycles. The van der Waals surface area contributed by atoms with Gasteiger partial charge in [-0.2, -0.15) is 11.8 Å². The number of benzene rings is 1. The zero-order chi connectivity index (χ0) is 13.5. The normalized spacial score (nSPS) is 26.3. The average molecular weight is 276 g/mol. The van der Waals surface area contributed by atoms with E-state index in [2.05, 4.69) is 5.32 Å². The fraction of sp³-hybridized carbons (Fsp3) is 0.429. The Kier molecular flexibility index (Phi) is 3.01. The van der Waals surface area contributed by atoms with E-state index in [0.29, 0.717) is 12.3 Å². The maximum absolute atomic E-state index is 12.4. The number of nitrogens with one attached hydrogen (secondary N) is 1. The van der Waals surface area contributed by atoms with Crippen molar-refractivity contribution in [1.29, 1.82) is 0 Å². The van der Waals surface area contributed by atoms with Crippen LogP contribution in [0.15, 0.2) is 24.3 Å². The standard InChI is InChI=1S/C14H16N2O2S/c1-10-2-4-11(5-3-10)8-16-12(17)14(15-13(16)18)6-7-19-9-14/h2-5H,6-9H2,1H3,(H,15,18)/t14-/m1/s1. The van der Waals surface area contributed by atoms with Crippen LogP contribution in [0, 0.1) is 6.92 Å². The third kappa shape index (κ3) is 2.12. The van der Waals surface area contributed by atoms with E-state index < -0.39 is 5.54 Å². The van der Waals surface area contributed by atoms with Crippen molar-refractivity contribution in [2.24, 2.45) is 0 Å². The molecule has 0 saturated carbocycles. The molecule has 4 nitrogen and oxygen atoms in total. The number of urea groups is 1. The Labute approximate surface area is 116 Å². The Morgan fingerprint density at radius 2 is 2.05 bits per heavy atom. The molecule has 1 atom stereocenters. The van der Waals surface area contributed by atoms with Crippen molar-refractivity contribution in [2.75, 3.05) is 11.5 Å². The molecule has 1 aromatic carbocycles. The van der Waals surface area contributed by atoms with Gasteiger partial charge < -0.3 is 5.32 Å². The molecule has 2 saturated heterocycles. The quantitative estimate of drug-likeness (QED) is 0.840. The molecule has 0 bridgehead atoms. The molecule has 3 rings (SSSR count). The fourth-order valence-electron chi connectivity index (χ4n) is 2.53. The van der Waals surface area contributed by atoms with Crippen molar-refractivity contribution >= 4 is 23.7 Å². The molecule has 2 aliphatic rings. The molecule has 19 heavy (non-hydrogen) atoms. The lowest BCUT2D eigenvalue weighted by molar-refractivity contribution is -0.130. The van der Waals surface area contributed by atoms with E-state index in [0.717, 1.165) is 17.7 Å². The predicted octanol–water partition coefficient (Wildman–Crippen LogP) is 1.92. The van der Waals surface area contributed by atoms with Crippen molar-refractivity contribution in [3.63, 3.8) is 0 Å². The molecule has 1 aromatic rings. The summed E-state index contributed by atoms with van der Waals surface area (Å²) in [5.74, 6) is 1.56. The van der Waals surface area contributed by atoms with E-state index in [9.17, 15) is 9.59 Å². The van der Waals surface area contributed by atoms with Gasteiger partial charge >= 0.3 is 6.03 Å². The first-order chi connectivity index (χ1) is 9.11. The Hall–Kier alpha value is -1.49. The van der Waals surface area contributed by atoms with Gasteiger partial charge in [-0.25, -0.2) is 4.79 Å². The van der Waals surface area contributed by atoms with Gasteiger partial charge in [0.2, 0.25) is 0 Å². The SMILES string of the molecule is Cc1ccc(CN2C(=O)N[C@@]3(CCSC3)C2=O)cc1. The van der Waals surface area contributed by atoms with Crippen LogP contribution in [-0.2, 0) is 11.3 Å². The number of carbonyl (C=O) groups excluding carboxylic acids is 2. The van der Waals surface area contributed by atoms with Crippen LogP contribution in [0.2, 0.25) is 0 Å². The van der Waals surface area contributed by atoms with Crippen LogP contribution < -0.4 is 5.32 Å². The van der Waals surface area contributed by atoms with E-state index in [1.54, 1.807) is 11.8 Å². The Balaban J connectivity index is 1.79. The van der Waals surface area contributed by atoms with Crippen LogP contribution in [0.25, 0.3) is 0 Å². The molecule has 0 radical (unpaired) electrons. The minimum absolute atomic E-state index is 0.0666. The molecule has 1 N–H and O–H groups in total. The molecular weight excluding hydrogens is 260 g/mol. The maximum Gasteiger partial charge on any atom is 0.325 e. The van der Waals surface area contributed by atoms with Crippen molar-refractivity contribution in [1.82, 2.24) is 10.2 Å². The topological polar surface area (TPSA) is 49.4 Å². The second-order valence-electron chi connectivity index (χ2n) is 5.19. The lowest BCUT2D eigenvalue weighted by atomic mass is 9.99. The van der Waals surface area contributed by atoms with Crippen molar-refractivity contribution in [3.05, 3.63) is 35.4 Å². The highest BCUT2D eigenvalue weighted by atomic mass is 32.2. The van der Waals surface area contributed by atoms with Gasteiger partial charge in [0.1, 0.15) is 5.54 Å². The number of nitrogens with zero attached hydrogens (tertiary/aromatic N) is 1. The number of thioether (sulfide) groups is 1. The molecular formula is C14H16N2O2S. The summed E-state index contributed by atoms with van der Waals surface area (Å²) in [4.78, 5) is 25.8. The van der Waals surface area contributed by atoms with Gasteiger partial charge in [0.25, 0.3) is 5.91 Å². The second-order valence-corrected chi connectivity index (χ2v) is 6.30. The van der Waals surface area contributed by atoms with Gasteiger partial charge in [0, 0.05) is 5.75 Å². The summed E-state index contributed by atoms with van der Waals surface area (Å²) in [6.45, 7) is 2.37. The summed E-state index contributed by atoms with van der Waals surface area (Å²) in [6.07, 6.45) is 0.743. The highest BCUT2D eigenvalue weighted by Crippen LogP contribution is 2.33. The van der Waals surface area contributed by atoms with Crippen LogP contribution in [0.3, 0.4) is 0 Å². The molecule has 100 valence electrons. The summed E-state index contributed by atoms with van der Waals surface area (Å²) < 4.78 is 0. The molecule has 0 unspecified atom stereocenters. The smallest absolute Gasteiger partial charge is 0.322 e. The first kappa shape index (κ1) is 12.5.